The average molecular weight is 286 g/mol. The molecule has 0 saturated heterocycles. The second-order valence-corrected chi connectivity index (χ2v) is 5.18. The van der Waals surface area contributed by atoms with Crippen LogP contribution in [0.5, 0.6) is 0 Å². The lowest BCUT2D eigenvalue weighted by Crippen LogP contribution is -2.38. The molecule has 1 aliphatic carbocycles. The molecule has 0 bridgehead atoms. The van der Waals surface area contributed by atoms with Crippen LogP contribution in [-0.4, -0.2) is 16.8 Å². The van der Waals surface area contributed by atoms with Crippen molar-refractivity contribution in [2.45, 2.75) is 30.1 Å². The maximum absolute atomic E-state index is 13.3. The maximum Gasteiger partial charge on any atom is 0.254 e. The molecule has 0 aromatic heterocycles. The van der Waals surface area contributed by atoms with E-state index in [0.29, 0.717) is 4.83 Å². The van der Waals surface area contributed by atoms with Gasteiger partial charge in [0.15, 0.2) is 0 Å². The Bertz CT molecular complexity index is 396. The highest BCUT2D eigenvalue weighted by Crippen LogP contribution is 2.25. The quantitative estimate of drug-likeness (QED) is 0.832. The van der Waals surface area contributed by atoms with Gasteiger partial charge in [-0.25, -0.2) is 4.39 Å². The molecule has 1 amide bonds. The fourth-order valence-corrected chi connectivity index (χ4v) is 2.69. The molecule has 1 aromatic rings. The summed E-state index contributed by atoms with van der Waals surface area (Å²) in [5.41, 5.74) is 0.120. The van der Waals surface area contributed by atoms with Crippen LogP contribution in [-0.2, 0) is 0 Å². The average Bonchev–Trinajstić information content (AvgIpc) is 2.65. The maximum atomic E-state index is 13.3. The van der Waals surface area contributed by atoms with Crippen LogP contribution in [0.1, 0.15) is 29.6 Å². The monoisotopic (exact) mass is 285 g/mol. The highest BCUT2D eigenvalue weighted by Gasteiger charge is 2.27. The lowest BCUT2D eigenvalue weighted by Gasteiger charge is -2.16. The third kappa shape index (κ3) is 2.43. The Balaban J connectivity index is 2.06. The molecular weight excluding hydrogens is 273 g/mol. The predicted molar refractivity (Wildman–Crippen MR) is 64.2 cm³/mol. The first-order valence-corrected chi connectivity index (χ1v) is 6.29. The van der Waals surface area contributed by atoms with Gasteiger partial charge in [0.25, 0.3) is 5.91 Å². The van der Waals surface area contributed by atoms with Crippen molar-refractivity contribution in [2.24, 2.45) is 0 Å². The lowest BCUT2D eigenvalue weighted by molar-refractivity contribution is 0.0935. The number of hydrogen-bond acceptors (Lipinski definition) is 1. The molecule has 2 unspecified atom stereocenters. The zero-order valence-corrected chi connectivity index (χ0v) is 10.3. The third-order valence-electron chi connectivity index (χ3n) is 2.87. The molecule has 0 radical (unpaired) electrons. The summed E-state index contributed by atoms with van der Waals surface area (Å²) < 4.78 is 13.3. The van der Waals surface area contributed by atoms with E-state index in [0.717, 1.165) is 19.3 Å². The predicted octanol–water partition coefficient (Wildman–Crippen LogP) is 2.87. The van der Waals surface area contributed by atoms with E-state index in [1.54, 1.807) is 12.1 Å². The largest absolute Gasteiger partial charge is 0.348 e. The number of carbonyl (C=O) groups is 1. The van der Waals surface area contributed by atoms with Crippen molar-refractivity contribution in [3.05, 3.63) is 35.6 Å². The standard InChI is InChI=1S/C12H13BrFNO/c13-9-5-3-7-11(9)15-12(16)8-4-1-2-6-10(8)14/h1-2,4,6,9,11H,3,5,7H2,(H,15,16). The Hall–Kier alpha value is -0.900. The molecule has 2 nitrogen and oxygen atoms in total. The van der Waals surface area contributed by atoms with Gasteiger partial charge in [-0.1, -0.05) is 34.5 Å². The van der Waals surface area contributed by atoms with Gasteiger partial charge < -0.3 is 5.32 Å². The number of amides is 1. The minimum Gasteiger partial charge on any atom is -0.348 e. The van der Waals surface area contributed by atoms with Crippen LogP contribution in [0.4, 0.5) is 4.39 Å². The van der Waals surface area contributed by atoms with Crippen LogP contribution in [0.2, 0.25) is 0 Å². The summed E-state index contributed by atoms with van der Waals surface area (Å²) in [5, 5.41) is 2.86. The van der Waals surface area contributed by atoms with Crippen LogP contribution in [0.3, 0.4) is 0 Å². The first-order chi connectivity index (χ1) is 7.68. The molecule has 1 fully saturated rings. The molecule has 1 aromatic carbocycles. The second-order valence-electron chi connectivity index (χ2n) is 4.01. The molecule has 4 heteroatoms. The molecule has 16 heavy (non-hydrogen) atoms. The van der Waals surface area contributed by atoms with Gasteiger partial charge in [0.1, 0.15) is 5.82 Å². The van der Waals surface area contributed by atoms with Gasteiger partial charge in [-0.05, 0) is 25.0 Å². The van der Waals surface area contributed by atoms with E-state index in [2.05, 4.69) is 21.2 Å². The van der Waals surface area contributed by atoms with E-state index in [1.165, 1.54) is 12.1 Å². The fourth-order valence-electron chi connectivity index (χ4n) is 1.97. The molecule has 1 saturated carbocycles. The molecule has 1 N–H and O–H groups in total. The molecule has 0 aliphatic heterocycles. The van der Waals surface area contributed by atoms with Crippen LogP contribution < -0.4 is 5.32 Å². The minimum absolute atomic E-state index is 0.118. The zero-order valence-electron chi connectivity index (χ0n) is 8.75. The van der Waals surface area contributed by atoms with Crippen LogP contribution in [0.25, 0.3) is 0 Å². The van der Waals surface area contributed by atoms with Gasteiger partial charge in [-0.15, -0.1) is 0 Å². The third-order valence-corrected chi connectivity index (χ3v) is 3.96. The molecule has 2 atom stereocenters. The van der Waals surface area contributed by atoms with E-state index in [4.69, 9.17) is 0 Å². The summed E-state index contributed by atoms with van der Waals surface area (Å²) in [7, 11) is 0. The van der Waals surface area contributed by atoms with Crippen molar-refractivity contribution in [3.8, 4) is 0 Å². The van der Waals surface area contributed by atoms with Gasteiger partial charge in [0, 0.05) is 10.9 Å². The molecule has 1 aliphatic rings. The Labute approximate surface area is 102 Å². The number of nitrogens with one attached hydrogen (secondary N) is 1. The van der Waals surface area contributed by atoms with E-state index in [9.17, 15) is 9.18 Å². The van der Waals surface area contributed by atoms with Crippen LogP contribution >= 0.6 is 15.9 Å². The Morgan fingerprint density at radius 1 is 1.38 bits per heavy atom. The van der Waals surface area contributed by atoms with Gasteiger partial charge in [-0.3, -0.25) is 4.79 Å². The van der Waals surface area contributed by atoms with Crippen molar-refractivity contribution in [1.82, 2.24) is 5.32 Å². The highest BCUT2D eigenvalue weighted by atomic mass is 79.9. The van der Waals surface area contributed by atoms with Crippen LogP contribution in [0, 0.1) is 5.82 Å². The Morgan fingerprint density at radius 3 is 2.75 bits per heavy atom. The number of benzene rings is 1. The van der Waals surface area contributed by atoms with Crippen LogP contribution in [0.15, 0.2) is 24.3 Å². The molecule has 0 spiro atoms. The fraction of sp³-hybridized carbons (Fsp3) is 0.417. The smallest absolute Gasteiger partial charge is 0.254 e. The SMILES string of the molecule is O=C(NC1CCCC1Br)c1ccccc1F. The number of alkyl halides is 1. The summed E-state index contributed by atoms with van der Waals surface area (Å²) >= 11 is 3.52. The number of rotatable bonds is 2. The van der Waals surface area contributed by atoms with Gasteiger partial charge in [-0.2, -0.15) is 0 Å². The van der Waals surface area contributed by atoms with E-state index in [1.807, 2.05) is 0 Å². The second kappa shape index (κ2) is 4.95. The van der Waals surface area contributed by atoms with Crippen molar-refractivity contribution in [3.63, 3.8) is 0 Å². The summed E-state index contributed by atoms with van der Waals surface area (Å²) in [6.45, 7) is 0. The number of hydrogen-bond donors (Lipinski definition) is 1. The topological polar surface area (TPSA) is 29.1 Å². The number of carbonyl (C=O) groups excluding carboxylic acids is 1. The lowest BCUT2D eigenvalue weighted by atomic mass is 10.1. The van der Waals surface area contributed by atoms with Gasteiger partial charge in [0.05, 0.1) is 5.56 Å². The normalized spacial score (nSPS) is 24.4. The summed E-state index contributed by atoms with van der Waals surface area (Å²) in [6, 6.07) is 6.16. The summed E-state index contributed by atoms with van der Waals surface area (Å²) in [6.07, 6.45) is 3.11. The summed E-state index contributed by atoms with van der Waals surface area (Å²) in [5.74, 6) is -0.793. The van der Waals surface area contributed by atoms with Crippen molar-refractivity contribution < 1.29 is 9.18 Å². The van der Waals surface area contributed by atoms with Crippen molar-refractivity contribution in [2.75, 3.05) is 0 Å². The highest BCUT2D eigenvalue weighted by molar-refractivity contribution is 9.09. The first-order valence-electron chi connectivity index (χ1n) is 5.38. The van der Waals surface area contributed by atoms with Gasteiger partial charge in [0.2, 0.25) is 0 Å². The first kappa shape index (κ1) is 11.6. The molecule has 86 valence electrons. The van der Waals surface area contributed by atoms with E-state index >= 15 is 0 Å². The van der Waals surface area contributed by atoms with Crippen molar-refractivity contribution in [1.29, 1.82) is 0 Å². The Kier molecular flexibility index (Phi) is 3.59. The Morgan fingerprint density at radius 2 is 2.12 bits per heavy atom. The van der Waals surface area contributed by atoms with E-state index in [-0.39, 0.29) is 17.5 Å². The van der Waals surface area contributed by atoms with Gasteiger partial charge >= 0.3 is 0 Å². The molecule has 0 heterocycles. The summed E-state index contributed by atoms with van der Waals surface area (Å²) in [4.78, 5) is 12.1. The minimum atomic E-state index is -0.468. The zero-order chi connectivity index (χ0) is 11.5. The van der Waals surface area contributed by atoms with E-state index < -0.39 is 5.82 Å². The van der Waals surface area contributed by atoms with Crippen molar-refractivity contribution >= 4 is 21.8 Å². The number of halogens is 2. The molecule has 2 rings (SSSR count). The molecular formula is C12H13BrFNO.